The highest BCUT2D eigenvalue weighted by Crippen LogP contribution is 2.42. The van der Waals surface area contributed by atoms with E-state index in [1.165, 1.54) is 16.2 Å². The Balaban J connectivity index is 1.66. The van der Waals surface area contributed by atoms with Crippen molar-refractivity contribution in [1.29, 1.82) is 0 Å². The Morgan fingerprint density at radius 1 is 1.14 bits per heavy atom. The minimum atomic E-state index is -0.836. The zero-order chi connectivity index (χ0) is 20.0. The standard InChI is InChI=1S/C21H13N3O4S/c25-18(15-11-13-3-1-2-4-14(13)28-15)16-17(12-5-7-22-8-6-12)24(20(27)19(16)26)21-23-9-10-29-21/h1-11,17,26H. The van der Waals surface area contributed by atoms with Crippen molar-refractivity contribution in [1.82, 2.24) is 9.97 Å². The molecule has 1 aliphatic heterocycles. The Hall–Kier alpha value is -3.78. The number of para-hydroxylation sites is 1. The Bertz CT molecular complexity index is 1230. The van der Waals surface area contributed by atoms with Gasteiger partial charge in [-0.3, -0.25) is 19.5 Å². The molecular weight excluding hydrogens is 390 g/mol. The van der Waals surface area contributed by atoms with Crippen LogP contribution in [0.2, 0.25) is 0 Å². The highest BCUT2D eigenvalue weighted by Gasteiger charge is 2.46. The van der Waals surface area contributed by atoms with E-state index < -0.39 is 23.5 Å². The number of hydrogen-bond acceptors (Lipinski definition) is 7. The second-order valence-electron chi connectivity index (χ2n) is 6.41. The molecule has 0 saturated heterocycles. The van der Waals surface area contributed by atoms with Gasteiger partial charge in [-0.25, -0.2) is 4.98 Å². The molecule has 142 valence electrons. The van der Waals surface area contributed by atoms with Crippen LogP contribution in [0.15, 0.2) is 82.2 Å². The number of Topliss-reactive ketones (excluding diaryl/α,β-unsaturated/α-hetero) is 1. The molecule has 8 heteroatoms. The summed E-state index contributed by atoms with van der Waals surface area (Å²) in [5, 5.41) is 13.5. The fraction of sp³-hybridized carbons (Fsp3) is 0.0476. The summed E-state index contributed by atoms with van der Waals surface area (Å²) in [7, 11) is 0. The van der Waals surface area contributed by atoms with Gasteiger partial charge >= 0.3 is 0 Å². The predicted molar refractivity (Wildman–Crippen MR) is 107 cm³/mol. The third-order valence-corrected chi connectivity index (χ3v) is 5.52. The number of furan rings is 1. The molecule has 1 aromatic carbocycles. The molecule has 3 aromatic heterocycles. The largest absolute Gasteiger partial charge is 0.503 e. The lowest BCUT2D eigenvalue weighted by Crippen LogP contribution is -2.30. The van der Waals surface area contributed by atoms with Crippen molar-refractivity contribution in [2.75, 3.05) is 4.90 Å². The van der Waals surface area contributed by atoms with Crippen LogP contribution < -0.4 is 4.90 Å². The molecule has 0 aliphatic carbocycles. The lowest BCUT2D eigenvalue weighted by Gasteiger charge is -2.24. The molecule has 0 bridgehead atoms. The van der Waals surface area contributed by atoms with Crippen molar-refractivity contribution in [2.24, 2.45) is 0 Å². The molecule has 4 aromatic rings. The van der Waals surface area contributed by atoms with E-state index in [2.05, 4.69) is 9.97 Å². The van der Waals surface area contributed by atoms with Crippen LogP contribution in [0.1, 0.15) is 22.2 Å². The maximum absolute atomic E-state index is 13.3. The molecule has 0 saturated carbocycles. The lowest BCUT2D eigenvalue weighted by atomic mass is 9.96. The van der Waals surface area contributed by atoms with Gasteiger partial charge in [-0.2, -0.15) is 0 Å². The number of aliphatic hydroxyl groups excluding tert-OH is 1. The maximum atomic E-state index is 13.3. The summed E-state index contributed by atoms with van der Waals surface area (Å²) >= 11 is 1.24. The molecule has 1 amide bonds. The van der Waals surface area contributed by atoms with Gasteiger partial charge in [0, 0.05) is 29.4 Å². The van der Waals surface area contributed by atoms with Crippen molar-refractivity contribution in [3.63, 3.8) is 0 Å². The highest BCUT2D eigenvalue weighted by molar-refractivity contribution is 7.13. The fourth-order valence-corrected chi connectivity index (χ4v) is 4.12. The summed E-state index contributed by atoms with van der Waals surface area (Å²) in [4.78, 5) is 35.8. The second kappa shape index (κ2) is 6.68. The molecule has 1 N–H and O–H groups in total. The van der Waals surface area contributed by atoms with Gasteiger partial charge in [-0.15, -0.1) is 11.3 Å². The number of ketones is 1. The molecule has 1 atom stereocenters. The molecule has 1 unspecified atom stereocenters. The number of rotatable bonds is 4. The van der Waals surface area contributed by atoms with Crippen LogP contribution in [0.3, 0.4) is 0 Å². The first-order chi connectivity index (χ1) is 14.1. The molecule has 0 spiro atoms. The first-order valence-electron chi connectivity index (χ1n) is 8.74. The summed E-state index contributed by atoms with van der Waals surface area (Å²) in [6.45, 7) is 0. The number of aromatic nitrogens is 2. The molecule has 7 nitrogen and oxygen atoms in total. The summed E-state index contributed by atoms with van der Waals surface area (Å²) < 4.78 is 5.69. The number of benzene rings is 1. The van der Waals surface area contributed by atoms with Crippen molar-refractivity contribution in [3.8, 4) is 0 Å². The molecular formula is C21H13N3O4S. The third-order valence-electron chi connectivity index (χ3n) is 4.75. The van der Waals surface area contributed by atoms with Gasteiger partial charge in [0.2, 0.25) is 5.78 Å². The smallest absolute Gasteiger partial charge is 0.296 e. The van der Waals surface area contributed by atoms with Crippen LogP contribution in [-0.2, 0) is 4.79 Å². The number of hydrogen-bond donors (Lipinski definition) is 1. The van der Waals surface area contributed by atoms with Crippen molar-refractivity contribution in [3.05, 3.63) is 89.1 Å². The number of amides is 1. The molecule has 0 fully saturated rings. The van der Waals surface area contributed by atoms with Gasteiger partial charge in [0.25, 0.3) is 5.91 Å². The van der Waals surface area contributed by atoms with Gasteiger partial charge < -0.3 is 9.52 Å². The van der Waals surface area contributed by atoms with E-state index >= 15 is 0 Å². The van der Waals surface area contributed by atoms with Crippen LogP contribution in [0.5, 0.6) is 0 Å². The number of carbonyl (C=O) groups excluding carboxylic acids is 2. The topological polar surface area (TPSA) is 96.5 Å². The zero-order valence-corrected chi connectivity index (χ0v) is 15.7. The summed E-state index contributed by atoms with van der Waals surface area (Å²) in [6.07, 6.45) is 4.70. The predicted octanol–water partition coefficient (Wildman–Crippen LogP) is 4.07. The van der Waals surface area contributed by atoms with Crippen LogP contribution >= 0.6 is 11.3 Å². The second-order valence-corrected chi connectivity index (χ2v) is 7.29. The molecule has 5 rings (SSSR count). The zero-order valence-electron chi connectivity index (χ0n) is 14.9. The Kier molecular flexibility index (Phi) is 3.99. The third kappa shape index (κ3) is 2.73. The van der Waals surface area contributed by atoms with Crippen LogP contribution in [0.25, 0.3) is 11.0 Å². The maximum Gasteiger partial charge on any atom is 0.296 e. The lowest BCUT2D eigenvalue weighted by molar-refractivity contribution is -0.117. The van der Waals surface area contributed by atoms with Crippen molar-refractivity contribution in [2.45, 2.75) is 6.04 Å². The van der Waals surface area contributed by atoms with E-state index in [-0.39, 0.29) is 11.3 Å². The minimum Gasteiger partial charge on any atom is -0.503 e. The van der Waals surface area contributed by atoms with Gasteiger partial charge in [-0.1, -0.05) is 18.2 Å². The Morgan fingerprint density at radius 3 is 2.66 bits per heavy atom. The van der Waals surface area contributed by atoms with Gasteiger partial charge in [-0.05, 0) is 29.8 Å². The number of pyridine rings is 1. The first-order valence-corrected chi connectivity index (χ1v) is 9.62. The number of thiazole rings is 1. The minimum absolute atomic E-state index is 0.0459. The van der Waals surface area contributed by atoms with Crippen molar-refractivity contribution >= 4 is 39.1 Å². The highest BCUT2D eigenvalue weighted by atomic mass is 32.1. The number of carbonyl (C=O) groups is 2. The number of fused-ring (bicyclic) bond motifs is 1. The number of aliphatic hydroxyl groups is 1. The van der Waals surface area contributed by atoms with Gasteiger partial charge in [0.15, 0.2) is 16.7 Å². The summed E-state index contributed by atoms with van der Waals surface area (Å²) in [5.74, 6) is -1.78. The van der Waals surface area contributed by atoms with E-state index in [4.69, 9.17) is 4.42 Å². The van der Waals surface area contributed by atoms with Crippen LogP contribution in [0.4, 0.5) is 5.13 Å². The summed E-state index contributed by atoms with van der Waals surface area (Å²) in [5.41, 5.74) is 1.14. The quantitative estimate of drug-likeness (QED) is 0.516. The summed E-state index contributed by atoms with van der Waals surface area (Å²) in [6, 6.07) is 11.4. The molecule has 29 heavy (non-hydrogen) atoms. The van der Waals surface area contributed by atoms with E-state index in [1.807, 2.05) is 12.1 Å². The normalized spacial score (nSPS) is 16.8. The van der Waals surface area contributed by atoms with Gasteiger partial charge in [0.1, 0.15) is 5.58 Å². The van der Waals surface area contributed by atoms with Crippen molar-refractivity contribution < 1.29 is 19.1 Å². The van der Waals surface area contributed by atoms with E-state index in [9.17, 15) is 14.7 Å². The number of anilines is 1. The average Bonchev–Trinajstić information content (AvgIpc) is 3.47. The monoisotopic (exact) mass is 403 g/mol. The van der Waals surface area contributed by atoms with E-state index in [1.54, 1.807) is 54.3 Å². The molecule has 4 heterocycles. The van der Waals surface area contributed by atoms with Crippen LogP contribution in [-0.4, -0.2) is 26.8 Å². The molecule has 0 radical (unpaired) electrons. The van der Waals surface area contributed by atoms with Crippen LogP contribution in [0, 0.1) is 0 Å². The first kappa shape index (κ1) is 17.3. The van der Waals surface area contributed by atoms with E-state index in [0.717, 1.165) is 5.39 Å². The molecule has 1 aliphatic rings. The number of nitrogens with zero attached hydrogens (tertiary/aromatic N) is 3. The SMILES string of the molecule is O=C(C1=C(O)C(=O)N(c2nccs2)C1c1ccncc1)c1cc2ccccc2o1. The van der Waals surface area contributed by atoms with E-state index in [0.29, 0.717) is 16.3 Å². The van der Waals surface area contributed by atoms with Gasteiger partial charge in [0.05, 0.1) is 11.6 Å². The Labute approximate surface area is 168 Å². The Morgan fingerprint density at radius 2 is 1.93 bits per heavy atom. The fourth-order valence-electron chi connectivity index (χ4n) is 3.46. The average molecular weight is 403 g/mol.